The number of rotatable bonds is 3. The molecule has 0 unspecified atom stereocenters. The van der Waals surface area contributed by atoms with E-state index in [0.29, 0.717) is 6.04 Å². The maximum atomic E-state index is 4.70. The van der Waals surface area contributed by atoms with E-state index in [9.17, 15) is 0 Å². The number of benzene rings is 3. The van der Waals surface area contributed by atoms with E-state index in [2.05, 4.69) is 83.1 Å². The van der Waals surface area contributed by atoms with Crippen LogP contribution >= 0.6 is 0 Å². The number of fused-ring (bicyclic) bond motifs is 2. The van der Waals surface area contributed by atoms with Crippen molar-refractivity contribution in [3.8, 4) is 11.3 Å². The van der Waals surface area contributed by atoms with Gasteiger partial charge in [-0.25, -0.2) is 9.97 Å². The second-order valence-corrected chi connectivity index (χ2v) is 7.54. The van der Waals surface area contributed by atoms with Crippen LogP contribution in [0.5, 0.6) is 0 Å². The van der Waals surface area contributed by atoms with E-state index in [1.54, 1.807) is 0 Å². The molecule has 0 radical (unpaired) electrons. The van der Waals surface area contributed by atoms with E-state index >= 15 is 0 Å². The van der Waals surface area contributed by atoms with Crippen LogP contribution in [0.3, 0.4) is 0 Å². The second-order valence-electron chi connectivity index (χ2n) is 7.54. The summed E-state index contributed by atoms with van der Waals surface area (Å²) in [6.45, 7) is 1.96. The average molecular weight is 365 g/mol. The Bertz CT molecular complexity index is 1150. The number of anilines is 1. The fourth-order valence-corrected chi connectivity index (χ4v) is 4.22. The quantitative estimate of drug-likeness (QED) is 0.477. The van der Waals surface area contributed by atoms with Gasteiger partial charge in [-0.3, -0.25) is 0 Å². The van der Waals surface area contributed by atoms with Crippen molar-refractivity contribution in [3.05, 3.63) is 89.7 Å². The standard InChI is InChI=1S/C25H23N3/c1-17-26-24(21-14-13-18-7-2-3-9-20(18)15-21)16-25(27-17)28-23-12-6-10-19-8-4-5-11-22(19)23/h2-5,7-9,11,13-16,23H,6,10,12H2,1H3,(H,26,27,28)/t23-/m1/s1. The summed E-state index contributed by atoms with van der Waals surface area (Å²) in [6, 6.07) is 26.1. The van der Waals surface area contributed by atoms with Crippen LogP contribution < -0.4 is 5.32 Å². The van der Waals surface area contributed by atoms with Gasteiger partial charge in [-0.2, -0.15) is 0 Å². The lowest BCUT2D eigenvalue weighted by atomic mass is 9.88. The van der Waals surface area contributed by atoms with Crippen LogP contribution in [0.2, 0.25) is 0 Å². The Morgan fingerprint density at radius 1 is 0.857 bits per heavy atom. The molecule has 4 aromatic rings. The summed E-state index contributed by atoms with van der Waals surface area (Å²) < 4.78 is 0. The van der Waals surface area contributed by atoms with Gasteiger partial charge < -0.3 is 5.32 Å². The molecule has 0 saturated carbocycles. The van der Waals surface area contributed by atoms with Gasteiger partial charge in [-0.1, -0.05) is 60.7 Å². The summed E-state index contributed by atoms with van der Waals surface area (Å²) in [7, 11) is 0. The molecule has 0 amide bonds. The molecular formula is C25H23N3. The van der Waals surface area contributed by atoms with Crippen molar-refractivity contribution in [1.82, 2.24) is 9.97 Å². The van der Waals surface area contributed by atoms with E-state index in [1.165, 1.54) is 34.7 Å². The third-order valence-electron chi connectivity index (χ3n) is 5.57. The Hall–Kier alpha value is -3.20. The van der Waals surface area contributed by atoms with E-state index in [0.717, 1.165) is 29.3 Å². The van der Waals surface area contributed by atoms with Crippen LogP contribution in [0.1, 0.15) is 35.8 Å². The number of aryl methyl sites for hydroxylation is 2. The second kappa shape index (κ2) is 7.08. The highest BCUT2D eigenvalue weighted by Gasteiger charge is 2.20. The molecule has 1 heterocycles. The molecule has 0 spiro atoms. The molecule has 3 aromatic carbocycles. The van der Waals surface area contributed by atoms with Gasteiger partial charge in [0, 0.05) is 11.6 Å². The fourth-order valence-electron chi connectivity index (χ4n) is 4.22. The molecule has 5 rings (SSSR count). The minimum atomic E-state index is 0.309. The Kier molecular flexibility index (Phi) is 4.28. The van der Waals surface area contributed by atoms with Crippen molar-refractivity contribution >= 4 is 16.6 Å². The van der Waals surface area contributed by atoms with Gasteiger partial charge in [0.2, 0.25) is 0 Å². The third kappa shape index (κ3) is 3.24. The molecule has 28 heavy (non-hydrogen) atoms. The maximum absolute atomic E-state index is 4.70. The van der Waals surface area contributed by atoms with Crippen LogP contribution in [0, 0.1) is 6.92 Å². The molecule has 1 atom stereocenters. The summed E-state index contributed by atoms with van der Waals surface area (Å²) in [5, 5.41) is 6.15. The first kappa shape index (κ1) is 16.9. The number of aromatic nitrogens is 2. The average Bonchev–Trinajstić information content (AvgIpc) is 2.73. The normalized spacial score (nSPS) is 16.0. The summed E-state index contributed by atoms with van der Waals surface area (Å²) in [4.78, 5) is 9.36. The Morgan fingerprint density at radius 3 is 2.61 bits per heavy atom. The van der Waals surface area contributed by atoms with E-state index in [4.69, 9.17) is 4.98 Å². The predicted octanol–water partition coefficient (Wildman–Crippen LogP) is 6.09. The highest BCUT2D eigenvalue weighted by atomic mass is 15.0. The van der Waals surface area contributed by atoms with Gasteiger partial charge >= 0.3 is 0 Å². The minimum absolute atomic E-state index is 0.309. The molecule has 3 heteroatoms. The number of hydrogen-bond acceptors (Lipinski definition) is 3. The maximum Gasteiger partial charge on any atom is 0.130 e. The topological polar surface area (TPSA) is 37.8 Å². The van der Waals surface area contributed by atoms with Gasteiger partial charge in [-0.05, 0) is 54.2 Å². The molecule has 0 fully saturated rings. The van der Waals surface area contributed by atoms with E-state index < -0.39 is 0 Å². The molecular weight excluding hydrogens is 342 g/mol. The Morgan fingerprint density at radius 2 is 1.68 bits per heavy atom. The molecule has 1 aromatic heterocycles. The van der Waals surface area contributed by atoms with Crippen molar-refractivity contribution in [2.24, 2.45) is 0 Å². The zero-order chi connectivity index (χ0) is 18.9. The lowest BCUT2D eigenvalue weighted by Gasteiger charge is -2.27. The van der Waals surface area contributed by atoms with Gasteiger partial charge in [0.15, 0.2) is 0 Å². The SMILES string of the molecule is Cc1nc(N[C@@H]2CCCc3ccccc32)cc(-c2ccc3ccccc3c2)n1. The highest BCUT2D eigenvalue weighted by molar-refractivity contribution is 5.87. The minimum Gasteiger partial charge on any atom is -0.363 e. The molecule has 1 aliphatic rings. The van der Waals surface area contributed by atoms with Gasteiger partial charge in [0.25, 0.3) is 0 Å². The number of hydrogen-bond donors (Lipinski definition) is 1. The van der Waals surface area contributed by atoms with Gasteiger partial charge in [-0.15, -0.1) is 0 Å². The van der Waals surface area contributed by atoms with Crippen molar-refractivity contribution in [1.29, 1.82) is 0 Å². The molecule has 1 aliphatic carbocycles. The summed E-state index contributed by atoms with van der Waals surface area (Å²) in [5.41, 5.74) is 4.94. The van der Waals surface area contributed by atoms with Crippen LogP contribution in [0.15, 0.2) is 72.8 Å². The summed E-state index contributed by atoms with van der Waals surface area (Å²) in [5.74, 6) is 1.69. The van der Waals surface area contributed by atoms with Crippen molar-refractivity contribution in [2.45, 2.75) is 32.2 Å². The zero-order valence-electron chi connectivity index (χ0n) is 16.0. The molecule has 1 N–H and O–H groups in total. The van der Waals surface area contributed by atoms with Gasteiger partial charge in [0.1, 0.15) is 11.6 Å². The van der Waals surface area contributed by atoms with Crippen LogP contribution in [-0.4, -0.2) is 9.97 Å². The first-order valence-electron chi connectivity index (χ1n) is 9.95. The first-order valence-corrected chi connectivity index (χ1v) is 9.95. The van der Waals surface area contributed by atoms with Gasteiger partial charge in [0.05, 0.1) is 11.7 Å². The molecule has 0 bridgehead atoms. The zero-order valence-corrected chi connectivity index (χ0v) is 16.0. The summed E-state index contributed by atoms with van der Waals surface area (Å²) >= 11 is 0. The number of nitrogens with one attached hydrogen (secondary N) is 1. The monoisotopic (exact) mass is 365 g/mol. The predicted molar refractivity (Wildman–Crippen MR) is 115 cm³/mol. The van der Waals surface area contributed by atoms with Crippen molar-refractivity contribution in [3.63, 3.8) is 0 Å². The van der Waals surface area contributed by atoms with E-state index in [1.807, 2.05) is 6.92 Å². The van der Waals surface area contributed by atoms with Crippen molar-refractivity contribution < 1.29 is 0 Å². The molecule has 138 valence electrons. The molecule has 3 nitrogen and oxygen atoms in total. The smallest absolute Gasteiger partial charge is 0.130 e. The van der Waals surface area contributed by atoms with Crippen LogP contribution in [0.25, 0.3) is 22.0 Å². The Labute approximate surface area is 165 Å². The summed E-state index contributed by atoms with van der Waals surface area (Å²) in [6.07, 6.45) is 3.50. The third-order valence-corrected chi connectivity index (χ3v) is 5.57. The number of nitrogens with zero attached hydrogens (tertiary/aromatic N) is 2. The fraction of sp³-hybridized carbons (Fsp3) is 0.200. The lowest BCUT2D eigenvalue weighted by Crippen LogP contribution is -2.18. The van der Waals surface area contributed by atoms with Crippen LogP contribution in [-0.2, 0) is 6.42 Å². The van der Waals surface area contributed by atoms with E-state index in [-0.39, 0.29) is 0 Å². The molecule has 0 saturated heterocycles. The Balaban J connectivity index is 1.49. The highest BCUT2D eigenvalue weighted by Crippen LogP contribution is 2.33. The van der Waals surface area contributed by atoms with Crippen molar-refractivity contribution in [2.75, 3.05) is 5.32 Å². The largest absolute Gasteiger partial charge is 0.363 e. The molecule has 0 aliphatic heterocycles. The van der Waals surface area contributed by atoms with Crippen LogP contribution in [0.4, 0.5) is 5.82 Å². The lowest BCUT2D eigenvalue weighted by molar-refractivity contribution is 0.598. The first-order chi connectivity index (χ1) is 13.8.